The number of likely N-dealkylation sites (N-methyl/N-ethyl adjacent to an activating group) is 1. The van der Waals surface area contributed by atoms with E-state index in [0.29, 0.717) is 17.4 Å². The molecule has 0 spiro atoms. The van der Waals surface area contributed by atoms with Gasteiger partial charge in [-0.1, -0.05) is 244 Å². The van der Waals surface area contributed by atoms with Gasteiger partial charge in [0.2, 0.25) is 5.91 Å². The van der Waals surface area contributed by atoms with Crippen molar-refractivity contribution in [3.05, 3.63) is 24.3 Å². The van der Waals surface area contributed by atoms with Gasteiger partial charge in [-0.2, -0.15) is 0 Å². The monoisotopic (exact) mass is 898 g/mol. The number of hydrogen-bond donors (Lipinski definition) is 3. The third kappa shape index (κ3) is 47.0. The molecule has 3 N–H and O–H groups in total. The highest BCUT2D eigenvalue weighted by atomic mass is 31.2. The molecule has 0 saturated carbocycles. The molecular weight excluding hydrogens is 792 g/mol. The van der Waals surface area contributed by atoms with Crippen LogP contribution in [-0.2, 0) is 18.4 Å². The number of nitrogens with zero attached hydrogens (tertiary/aromatic N) is 1. The van der Waals surface area contributed by atoms with Gasteiger partial charge in [0.1, 0.15) is 13.2 Å². The van der Waals surface area contributed by atoms with E-state index in [2.05, 4.69) is 31.3 Å². The van der Waals surface area contributed by atoms with Crippen LogP contribution in [0.4, 0.5) is 0 Å². The van der Waals surface area contributed by atoms with Gasteiger partial charge in [-0.05, 0) is 32.1 Å². The summed E-state index contributed by atoms with van der Waals surface area (Å²) in [5, 5.41) is 13.9. The van der Waals surface area contributed by atoms with Crippen LogP contribution in [0.25, 0.3) is 0 Å². The maximum absolute atomic E-state index is 12.9. The van der Waals surface area contributed by atoms with Crippen molar-refractivity contribution < 1.29 is 32.9 Å². The molecule has 1 amide bonds. The van der Waals surface area contributed by atoms with Gasteiger partial charge in [-0.3, -0.25) is 13.8 Å². The summed E-state index contributed by atoms with van der Waals surface area (Å²) in [5.74, 6) is -0.182. The van der Waals surface area contributed by atoms with Gasteiger partial charge in [-0.25, -0.2) is 4.57 Å². The maximum Gasteiger partial charge on any atom is 0.472 e. The fraction of sp³-hybridized carbons (Fsp3) is 0.906. The summed E-state index contributed by atoms with van der Waals surface area (Å²) in [7, 11) is 1.57. The number of hydrogen-bond acceptors (Lipinski definition) is 5. The number of unbranched alkanes of at least 4 members (excludes halogenated alkanes) is 34. The third-order valence-corrected chi connectivity index (χ3v) is 13.2. The van der Waals surface area contributed by atoms with E-state index >= 15 is 0 Å². The van der Waals surface area contributed by atoms with Crippen LogP contribution in [-0.4, -0.2) is 73.4 Å². The number of allylic oxidation sites excluding steroid dienone is 3. The second-order valence-corrected chi connectivity index (χ2v) is 21.1. The lowest BCUT2D eigenvalue weighted by atomic mass is 10.0. The van der Waals surface area contributed by atoms with Gasteiger partial charge in [0, 0.05) is 6.42 Å². The van der Waals surface area contributed by atoms with Crippen molar-refractivity contribution in [2.45, 2.75) is 270 Å². The summed E-state index contributed by atoms with van der Waals surface area (Å²) < 4.78 is 23.7. The fourth-order valence-corrected chi connectivity index (χ4v) is 8.68. The zero-order valence-electron chi connectivity index (χ0n) is 41.9. The lowest BCUT2D eigenvalue weighted by Crippen LogP contribution is -2.45. The number of carbonyl (C=O) groups excluding carboxylic acids is 1. The van der Waals surface area contributed by atoms with E-state index in [1.165, 1.54) is 199 Å². The molecule has 62 heavy (non-hydrogen) atoms. The van der Waals surface area contributed by atoms with Crippen LogP contribution in [0.15, 0.2) is 24.3 Å². The Kier molecular flexibility index (Phi) is 44.4. The molecule has 0 fully saturated rings. The minimum atomic E-state index is -4.35. The molecule has 0 saturated heterocycles. The number of quaternary nitrogens is 1. The first kappa shape index (κ1) is 61.0. The van der Waals surface area contributed by atoms with Crippen LogP contribution in [0.2, 0.25) is 0 Å². The van der Waals surface area contributed by atoms with Crippen LogP contribution >= 0.6 is 7.82 Å². The molecule has 0 rings (SSSR count). The SMILES string of the molecule is CCCCCCCCCCCCCCCC/C=C/CC/C=C/C(O)C(COP(=O)(O)OCC[N+](C)(C)C)NC(=O)CCCCCCCCCCCCCCCCCCCCCC. The van der Waals surface area contributed by atoms with Gasteiger partial charge in [0.15, 0.2) is 0 Å². The van der Waals surface area contributed by atoms with Gasteiger partial charge < -0.3 is 19.8 Å². The van der Waals surface area contributed by atoms with E-state index in [4.69, 9.17) is 9.05 Å². The van der Waals surface area contributed by atoms with Crippen molar-refractivity contribution in [1.29, 1.82) is 0 Å². The molecular formula is C53H106N2O6P+. The van der Waals surface area contributed by atoms with Crippen LogP contribution in [0.3, 0.4) is 0 Å². The minimum Gasteiger partial charge on any atom is -0.387 e. The summed E-state index contributed by atoms with van der Waals surface area (Å²) in [6.45, 7) is 4.83. The highest BCUT2D eigenvalue weighted by Gasteiger charge is 2.27. The second-order valence-electron chi connectivity index (χ2n) is 19.6. The predicted molar refractivity (Wildman–Crippen MR) is 268 cm³/mol. The molecule has 368 valence electrons. The molecule has 9 heteroatoms. The molecule has 0 aromatic heterocycles. The summed E-state index contributed by atoms with van der Waals surface area (Å²) in [5.41, 5.74) is 0. The van der Waals surface area contributed by atoms with Crippen LogP contribution in [0.1, 0.15) is 258 Å². The topological polar surface area (TPSA) is 105 Å². The summed E-state index contributed by atoms with van der Waals surface area (Å²) in [6, 6.07) is -0.859. The van der Waals surface area contributed by atoms with Crippen molar-refractivity contribution in [2.24, 2.45) is 0 Å². The van der Waals surface area contributed by atoms with E-state index in [1.54, 1.807) is 6.08 Å². The average Bonchev–Trinajstić information content (AvgIpc) is 3.23. The van der Waals surface area contributed by atoms with E-state index in [9.17, 15) is 19.4 Å². The van der Waals surface area contributed by atoms with Gasteiger partial charge >= 0.3 is 7.82 Å². The largest absolute Gasteiger partial charge is 0.472 e. The minimum absolute atomic E-state index is 0.0586. The lowest BCUT2D eigenvalue weighted by Gasteiger charge is -2.25. The Balaban J connectivity index is 4.30. The second kappa shape index (κ2) is 45.1. The standard InChI is InChI=1S/C53H105N2O6P/c1-6-8-10-12-14-16-18-20-22-24-26-28-30-32-34-36-38-40-42-44-46-52(56)51(50-61-62(58,59)60-49-48-55(3,4)5)54-53(57)47-45-43-41-39-37-35-33-31-29-27-25-23-21-19-17-15-13-11-9-7-2/h36,38,44,46,51-52,56H,6-35,37,39-43,45,47-50H2,1-5H3,(H-,54,57,58,59)/p+1/b38-36+,46-44+. The number of carbonyl (C=O) groups is 1. The van der Waals surface area contributed by atoms with Crippen molar-refractivity contribution in [1.82, 2.24) is 5.32 Å². The van der Waals surface area contributed by atoms with Crippen LogP contribution < -0.4 is 5.32 Å². The van der Waals surface area contributed by atoms with Crippen molar-refractivity contribution >= 4 is 13.7 Å². The van der Waals surface area contributed by atoms with Gasteiger partial charge in [0.05, 0.1) is 39.9 Å². The molecule has 0 heterocycles. The maximum atomic E-state index is 12.9. The average molecular weight is 898 g/mol. The number of rotatable bonds is 49. The van der Waals surface area contributed by atoms with Crippen molar-refractivity contribution in [3.63, 3.8) is 0 Å². The van der Waals surface area contributed by atoms with Gasteiger partial charge in [0.25, 0.3) is 0 Å². The number of aliphatic hydroxyl groups excluding tert-OH is 1. The highest BCUT2D eigenvalue weighted by Crippen LogP contribution is 2.43. The summed E-state index contributed by atoms with van der Waals surface area (Å²) >= 11 is 0. The summed E-state index contributed by atoms with van der Waals surface area (Å²) in [4.78, 5) is 23.2. The molecule has 0 aliphatic rings. The Morgan fingerprint density at radius 1 is 0.532 bits per heavy atom. The number of amides is 1. The third-order valence-electron chi connectivity index (χ3n) is 12.2. The van der Waals surface area contributed by atoms with Crippen LogP contribution in [0.5, 0.6) is 0 Å². The molecule has 0 aromatic rings. The Hall–Kier alpha value is -1.02. The van der Waals surface area contributed by atoms with E-state index in [0.717, 1.165) is 38.5 Å². The normalized spacial score (nSPS) is 14.2. The van der Waals surface area contributed by atoms with Crippen molar-refractivity contribution in [2.75, 3.05) is 40.9 Å². The molecule has 0 aromatic carbocycles. The zero-order chi connectivity index (χ0) is 45.7. The first-order valence-electron chi connectivity index (χ1n) is 26.7. The van der Waals surface area contributed by atoms with E-state index in [1.807, 2.05) is 27.2 Å². The molecule has 8 nitrogen and oxygen atoms in total. The predicted octanol–water partition coefficient (Wildman–Crippen LogP) is 15.6. The molecule has 0 aliphatic heterocycles. The molecule has 0 aliphatic carbocycles. The first-order chi connectivity index (χ1) is 30.0. The lowest BCUT2D eigenvalue weighted by molar-refractivity contribution is -0.870. The zero-order valence-corrected chi connectivity index (χ0v) is 42.8. The molecule has 0 bridgehead atoms. The quantitative estimate of drug-likeness (QED) is 0.0243. The number of nitrogens with one attached hydrogen (secondary N) is 1. The molecule has 3 unspecified atom stereocenters. The molecule has 0 radical (unpaired) electrons. The highest BCUT2D eigenvalue weighted by molar-refractivity contribution is 7.47. The Bertz CT molecular complexity index is 1060. The smallest absolute Gasteiger partial charge is 0.387 e. The fourth-order valence-electron chi connectivity index (χ4n) is 7.94. The molecule has 3 atom stereocenters. The Morgan fingerprint density at radius 2 is 0.887 bits per heavy atom. The van der Waals surface area contributed by atoms with E-state index < -0.39 is 20.0 Å². The Labute approximate surface area is 385 Å². The first-order valence-corrected chi connectivity index (χ1v) is 28.2. The number of phosphoric acid groups is 1. The number of aliphatic hydroxyl groups is 1. The Morgan fingerprint density at radius 3 is 1.29 bits per heavy atom. The number of phosphoric ester groups is 1. The van der Waals surface area contributed by atoms with E-state index in [-0.39, 0.29) is 19.1 Å². The van der Waals surface area contributed by atoms with Gasteiger partial charge in [-0.15, -0.1) is 0 Å². The van der Waals surface area contributed by atoms with Crippen LogP contribution in [0, 0.1) is 0 Å². The van der Waals surface area contributed by atoms with Crippen molar-refractivity contribution in [3.8, 4) is 0 Å². The summed E-state index contributed by atoms with van der Waals surface area (Å²) in [6.07, 6.45) is 55.5.